The van der Waals surface area contributed by atoms with E-state index >= 15 is 0 Å². The maximum atomic E-state index is 12.1. The maximum absolute atomic E-state index is 12.1. The van der Waals surface area contributed by atoms with Gasteiger partial charge in [-0.25, -0.2) is 9.78 Å². The molecule has 9 heteroatoms. The average Bonchev–Trinajstić information content (AvgIpc) is 2.70. The first kappa shape index (κ1) is 12.9. The molecule has 100 valence electrons. The van der Waals surface area contributed by atoms with Gasteiger partial charge < -0.3 is 10.4 Å². The zero-order valence-electron chi connectivity index (χ0n) is 9.10. The molecule has 0 atom stereocenters. The number of nitrogens with one attached hydrogen (secondary N) is 1. The molecular weight excluding hydrogens is 267 g/mol. The SMILES string of the molecule is O=C(O)c1ccn2c(NC(=O)C(F)(F)F)cnc2c1. The molecule has 2 aromatic heterocycles. The number of hydrogen-bond donors (Lipinski definition) is 2. The van der Waals surface area contributed by atoms with E-state index in [1.807, 2.05) is 0 Å². The zero-order valence-corrected chi connectivity index (χ0v) is 9.10. The summed E-state index contributed by atoms with van der Waals surface area (Å²) in [5.41, 5.74) is 0.0455. The van der Waals surface area contributed by atoms with Crippen LogP contribution in [0.25, 0.3) is 5.65 Å². The van der Waals surface area contributed by atoms with E-state index in [0.29, 0.717) is 0 Å². The second kappa shape index (κ2) is 4.26. The summed E-state index contributed by atoms with van der Waals surface area (Å²) in [6, 6.07) is 2.35. The molecule has 0 aliphatic carbocycles. The Kier molecular flexibility index (Phi) is 2.89. The summed E-state index contributed by atoms with van der Waals surface area (Å²) in [6.45, 7) is 0. The highest BCUT2D eigenvalue weighted by Crippen LogP contribution is 2.19. The molecule has 0 aromatic carbocycles. The summed E-state index contributed by atoms with van der Waals surface area (Å²) < 4.78 is 37.4. The van der Waals surface area contributed by atoms with E-state index in [-0.39, 0.29) is 17.0 Å². The summed E-state index contributed by atoms with van der Waals surface area (Å²) in [6.07, 6.45) is -2.80. The molecule has 2 heterocycles. The lowest BCUT2D eigenvalue weighted by molar-refractivity contribution is -0.167. The Morgan fingerprint density at radius 1 is 1.37 bits per heavy atom. The Hall–Kier alpha value is -2.58. The number of rotatable bonds is 2. The molecule has 0 aliphatic heterocycles. The fourth-order valence-electron chi connectivity index (χ4n) is 1.39. The van der Waals surface area contributed by atoms with Crippen LogP contribution >= 0.6 is 0 Å². The van der Waals surface area contributed by atoms with E-state index in [4.69, 9.17) is 5.11 Å². The van der Waals surface area contributed by atoms with Crippen molar-refractivity contribution in [3.8, 4) is 0 Å². The molecule has 0 saturated heterocycles. The summed E-state index contributed by atoms with van der Waals surface area (Å²) in [5.74, 6) is -3.52. The van der Waals surface area contributed by atoms with Crippen molar-refractivity contribution < 1.29 is 27.9 Å². The summed E-state index contributed by atoms with van der Waals surface area (Å²) in [5, 5.41) is 10.4. The Labute approximate surface area is 103 Å². The third-order valence-corrected chi connectivity index (χ3v) is 2.26. The molecule has 0 unspecified atom stereocenters. The van der Waals surface area contributed by atoms with Crippen molar-refractivity contribution in [2.75, 3.05) is 5.32 Å². The minimum Gasteiger partial charge on any atom is -0.478 e. The number of carbonyl (C=O) groups excluding carboxylic acids is 1. The van der Waals surface area contributed by atoms with Crippen LogP contribution in [0.2, 0.25) is 0 Å². The normalized spacial score (nSPS) is 11.5. The number of pyridine rings is 1. The molecule has 1 amide bonds. The van der Waals surface area contributed by atoms with Crippen LogP contribution in [-0.4, -0.2) is 32.5 Å². The highest BCUT2D eigenvalue weighted by Gasteiger charge is 2.39. The number of carboxylic acids is 1. The van der Waals surface area contributed by atoms with Crippen molar-refractivity contribution in [2.24, 2.45) is 0 Å². The number of imidazole rings is 1. The first-order valence-corrected chi connectivity index (χ1v) is 4.87. The summed E-state index contributed by atoms with van der Waals surface area (Å²) in [7, 11) is 0. The van der Waals surface area contributed by atoms with E-state index < -0.39 is 18.1 Å². The minimum absolute atomic E-state index is 0.0632. The number of carboxylic acid groups (broad SMARTS) is 1. The van der Waals surface area contributed by atoms with Crippen LogP contribution in [0.15, 0.2) is 24.5 Å². The van der Waals surface area contributed by atoms with Crippen LogP contribution in [-0.2, 0) is 4.79 Å². The van der Waals surface area contributed by atoms with Crippen molar-refractivity contribution in [1.29, 1.82) is 0 Å². The lowest BCUT2D eigenvalue weighted by atomic mass is 10.3. The number of nitrogens with zero attached hydrogens (tertiary/aromatic N) is 2. The van der Waals surface area contributed by atoms with Crippen molar-refractivity contribution in [2.45, 2.75) is 6.18 Å². The van der Waals surface area contributed by atoms with Crippen LogP contribution in [0.3, 0.4) is 0 Å². The first-order valence-electron chi connectivity index (χ1n) is 4.87. The third kappa shape index (κ3) is 2.49. The molecule has 2 N–H and O–H groups in total. The predicted molar refractivity (Wildman–Crippen MR) is 56.8 cm³/mol. The summed E-state index contributed by atoms with van der Waals surface area (Å²) in [4.78, 5) is 25.2. The Balaban J connectivity index is 2.36. The van der Waals surface area contributed by atoms with Gasteiger partial charge in [0.1, 0.15) is 11.5 Å². The predicted octanol–water partition coefficient (Wildman–Crippen LogP) is 1.53. The van der Waals surface area contributed by atoms with Crippen LogP contribution in [0, 0.1) is 0 Å². The van der Waals surface area contributed by atoms with Crippen LogP contribution in [0.1, 0.15) is 10.4 Å². The molecule has 2 aromatic rings. The van der Waals surface area contributed by atoms with Gasteiger partial charge in [-0.1, -0.05) is 0 Å². The number of amides is 1. The number of aromatic carboxylic acids is 1. The van der Waals surface area contributed by atoms with Gasteiger partial charge in [0.25, 0.3) is 0 Å². The number of fused-ring (bicyclic) bond motifs is 1. The molecular formula is C10H6F3N3O3. The number of aromatic nitrogens is 2. The molecule has 0 aliphatic rings. The Bertz CT molecular complexity index is 663. The van der Waals surface area contributed by atoms with E-state index in [1.165, 1.54) is 18.3 Å². The first-order chi connectivity index (χ1) is 8.79. The number of halogens is 3. The lowest BCUT2D eigenvalue weighted by Gasteiger charge is -2.07. The standard InChI is InChI=1S/C10H6F3N3O3/c11-10(12,13)9(19)15-7-4-14-6-3-5(8(17)18)1-2-16(6)7/h1-4H,(H,15,19)(H,17,18). The van der Waals surface area contributed by atoms with Gasteiger partial charge in [0, 0.05) is 6.20 Å². The number of carbonyl (C=O) groups is 2. The van der Waals surface area contributed by atoms with Gasteiger partial charge in [-0.2, -0.15) is 13.2 Å². The van der Waals surface area contributed by atoms with Crippen LogP contribution in [0.5, 0.6) is 0 Å². The van der Waals surface area contributed by atoms with Crippen molar-refractivity contribution in [1.82, 2.24) is 9.38 Å². The average molecular weight is 273 g/mol. The highest BCUT2D eigenvalue weighted by atomic mass is 19.4. The smallest absolute Gasteiger partial charge is 0.471 e. The Morgan fingerprint density at radius 2 is 2.05 bits per heavy atom. The third-order valence-electron chi connectivity index (χ3n) is 2.26. The van der Waals surface area contributed by atoms with Crippen molar-refractivity contribution >= 4 is 23.3 Å². The van der Waals surface area contributed by atoms with Gasteiger partial charge in [-0.05, 0) is 12.1 Å². The van der Waals surface area contributed by atoms with E-state index in [0.717, 1.165) is 10.6 Å². The lowest BCUT2D eigenvalue weighted by Crippen LogP contribution is -2.30. The molecule has 2 rings (SSSR count). The number of hydrogen-bond acceptors (Lipinski definition) is 3. The largest absolute Gasteiger partial charge is 0.478 e. The highest BCUT2D eigenvalue weighted by molar-refractivity contribution is 5.94. The second-order valence-electron chi connectivity index (χ2n) is 3.54. The molecule has 19 heavy (non-hydrogen) atoms. The van der Waals surface area contributed by atoms with Crippen LogP contribution < -0.4 is 5.32 Å². The number of anilines is 1. The van der Waals surface area contributed by atoms with Gasteiger partial charge >= 0.3 is 18.1 Å². The topological polar surface area (TPSA) is 83.7 Å². The van der Waals surface area contributed by atoms with Crippen molar-refractivity contribution in [3.05, 3.63) is 30.1 Å². The van der Waals surface area contributed by atoms with Crippen LogP contribution in [0.4, 0.5) is 19.0 Å². The van der Waals surface area contributed by atoms with Gasteiger partial charge in [0.15, 0.2) is 0 Å². The van der Waals surface area contributed by atoms with E-state index in [2.05, 4.69) is 4.98 Å². The molecule has 6 nitrogen and oxygen atoms in total. The van der Waals surface area contributed by atoms with Gasteiger partial charge in [0.05, 0.1) is 11.8 Å². The molecule has 0 radical (unpaired) electrons. The summed E-state index contributed by atoms with van der Waals surface area (Å²) >= 11 is 0. The quantitative estimate of drug-likeness (QED) is 0.869. The van der Waals surface area contributed by atoms with E-state index in [1.54, 1.807) is 5.32 Å². The minimum atomic E-state index is -5.01. The Morgan fingerprint density at radius 3 is 2.63 bits per heavy atom. The maximum Gasteiger partial charge on any atom is 0.471 e. The molecule has 0 spiro atoms. The van der Waals surface area contributed by atoms with Gasteiger partial charge in [-0.15, -0.1) is 0 Å². The molecule has 0 saturated carbocycles. The van der Waals surface area contributed by atoms with Crippen molar-refractivity contribution in [3.63, 3.8) is 0 Å². The van der Waals surface area contributed by atoms with Gasteiger partial charge in [0.2, 0.25) is 0 Å². The molecule has 0 bridgehead atoms. The zero-order chi connectivity index (χ0) is 14.2. The van der Waals surface area contributed by atoms with E-state index in [9.17, 15) is 22.8 Å². The monoisotopic (exact) mass is 273 g/mol. The fraction of sp³-hybridized carbons (Fsp3) is 0.100. The molecule has 0 fully saturated rings. The second-order valence-corrected chi connectivity index (χ2v) is 3.54. The fourth-order valence-corrected chi connectivity index (χ4v) is 1.39. The number of alkyl halides is 3. The van der Waals surface area contributed by atoms with Gasteiger partial charge in [-0.3, -0.25) is 9.20 Å².